The first kappa shape index (κ1) is 19.3. The highest BCUT2D eigenvalue weighted by atomic mass is 16.7. The van der Waals surface area contributed by atoms with Crippen molar-refractivity contribution in [2.24, 2.45) is 0 Å². The summed E-state index contributed by atoms with van der Waals surface area (Å²) in [6.45, 7) is 14.2. The lowest BCUT2D eigenvalue weighted by atomic mass is 9.82. The minimum atomic E-state index is 0.0336. The van der Waals surface area contributed by atoms with E-state index in [9.17, 15) is 0 Å². The molecule has 1 aromatic rings. The number of hydroxylamine groups is 2. The minimum Gasteiger partial charge on any atom is -0.494 e. The number of ether oxygens (including phenoxy) is 1. The Morgan fingerprint density at radius 3 is 2.17 bits per heavy atom. The zero-order chi connectivity index (χ0) is 17.8. The zero-order valence-electron chi connectivity index (χ0n) is 16.4. The number of benzene rings is 1. The molecule has 0 N–H and O–H groups in total. The summed E-state index contributed by atoms with van der Waals surface area (Å²) in [6.07, 6.45) is 5.90. The highest BCUT2D eigenvalue weighted by molar-refractivity contribution is 5.28. The van der Waals surface area contributed by atoms with Crippen molar-refractivity contribution in [2.45, 2.75) is 90.8 Å². The van der Waals surface area contributed by atoms with Crippen LogP contribution in [0.1, 0.15) is 85.3 Å². The number of unbranched alkanes of at least 4 members (excludes halogenated alkanes) is 1. The van der Waals surface area contributed by atoms with E-state index in [1.54, 1.807) is 0 Å². The number of hydrogen-bond donors (Lipinski definition) is 0. The Hall–Kier alpha value is -1.06. The maximum atomic E-state index is 6.44. The zero-order valence-corrected chi connectivity index (χ0v) is 16.4. The highest BCUT2D eigenvalue weighted by Crippen LogP contribution is 2.40. The number of hydrogen-bond acceptors (Lipinski definition) is 3. The molecule has 1 saturated heterocycles. The summed E-state index contributed by atoms with van der Waals surface area (Å²) in [4.78, 5) is 6.44. The van der Waals surface area contributed by atoms with Crippen LogP contribution in [-0.2, 0) is 4.84 Å². The Bertz CT molecular complexity index is 491. The van der Waals surface area contributed by atoms with Gasteiger partial charge in [-0.25, -0.2) is 0 Å². The van der Waals surface area contributed by atoms with Crippen LogP contribution in [0.2, 0.25) is 0 Å². The van der Waals surface area contributed by atoms with Crippen molar-refractivity contribution < 1.29 is 9.57 Å². The summed E-state index contributed by atoms with van der Waals surface area (Å²) in [6, 6.07) is 8.35. The second-order valence-corrected chi connectivity index (χ2v) is 8.29. The van der Waals surface area contributed by atoms with E-state index in [-0.39, 0.29) is 17.2 Å². The predicted molar refractivity (Wildman–Crippen MR) is 100 cm³/mol. The van der Waals surface area contributed by atoms with Gasteiger partial charge in [0.2, 0.25) is 0 Å². The van der Waals surface area contributed by atoms with Crippen molar-refractivity contribution in [1.82, 2.24) is 5.06 Å². The molecule has 3 nitrogen and oxygen atoms in total. The van der Waals surface area contributed by atoms with Crippen molar-refractivity contribution in [3.63, 3.8) is 0 Å². The van der Waals surface area contributed by atoms with Gasteiger partial charge in [-0.3, -0.25) is 4.84 Å². The predicted octanol–water partition coefficient (Wildman–Crippen LogP) is 5.90. The van der Waals surface area contributed by atoms with Crippen LogP contribution in [0, 0.1) is 0 Å². The highest BCUT2D eigenvalue weighted by Gasteiger charge is 2.43. The van der Waals surface area contributed by atoms with Crippen molar-refractivity contribution in [2.75, 3.05) is 6.61 Å². The monoisotopic (exact) mass is 333 g/mol. The van der Waals surface area contributed by atoms with E-state index < -0.39 is 0 Å². The van der Waals surface area contributed by atoms with Crippen LogP contribution < -0.4 is 4.74 Å². The van der Waals surface area contributed by atoms with E-state index in [0.717, 1.165) is 25.2 Å². The number of rotatable bonds is 7. The van der Waals surface area contributed by atoms with Crippen molar-refractivity contribution >= 4 is 0 Å². The molecule has 2 rings (SSSR count). The first-order valence-corrected chi connectivity index (χ1v) is 9.46. The molecule has 1 aliphatic rings. The molecule has 3 heteroatoms. The molecule has 0 aromatic heterocycles. The molecule has 136 valence electrons. The normalized spacial score (nSPS) is 21.4. The maximum Gasteiger partial charge on any atom is 0.119 e. The summed E-state index contributed by atoms with van der Waals surface area (Å²) < 4.78 is 5.75. The molecule has 0 radical (unpaired) electrons. The molecule has 24 heavy (non-hydrogen) atoms. The number of nitrogens with zero attached hydrogens (tertiary/aromatic N) is 1. The third-order valence-corrected chi connectivity index (χ3v) is 5.06. The first-order chi connectivity index (χ1) is 11.3. The molecule has 0 saturated carbocycles. The Morgan fingerprint density at radius 1 is 1.04 bits per heavy atom. The molecule has 0 aliphatic carbocycles. The third kappa shape index (κ3) is 4.73. The molecule has 1 unspecified atom stereocenters. The Kier molecular flexibility index (Phi) is 6.33. The van der Waals surface area contributed by atoms with E-state index in [2.05, 4.69) is 70.9 Å². The van der Waals surface area contributed by atoms with E-state index in [4.69, 9.17) is 9.57 Å². The van der Waals surface area contributed by atoms with E-state index in [0.29, 0.717) is 0 Å². The van der Waals surface area contributed by atoms with Gasteiger partial charge in [0.05, 0.1) is 6.61 Å². The van der Waals surface area contributed by atoms with Gasteiger partial charge in [-0.2, -0.15) is 5.06 Å². The molecular formula is C21H35NO2. The fourth-order valence-corrected chi connectivity index (χ4v) is 3.65. The van der Waals surface area contributed by atoms with E-state index >= 15 is 0 Å². The van der Waals surface area contributed by atoms with Crippen LogP contribution >= 0.6 is 0 Å². The molecule has 1 atom stereocenters. The standard InChI is InChI=1S/C21H35NO2/c1-7-8-16-23-19-12-10-18(11-13-19)17(2)24-22-20(3,4)14-9-15-21(22,5)6/h10-13,17H,7-9,14-16H2,1-6H3. The molecule has 0 amide bonds. The molecule has 0 spiro atoms. The summed E-state index contributed by atoms with van der Waals surface area (Å²) >= 11 is 0. The van der Waals surface area contributed by atoms with Gasteiger partial charge >= 0.3 is 0 Å². The van der Waals surface area contributed by atoms with Gasteiger partial charge in [-0.1, -0.05) is 25.5 Å². The SMILES string of the molecule is CCCCOc1ccc(C(C)ON2C(C)(C)CCCC2(C)C)cc1. The second kappa shape index (κ2) is 7.88. The Labute approximate surface area is 148 Å². The van der Waals surface area contributed by atoms with E-state index in [1.807, 2.05) is 0 Å². The number of piperidine rings is 1. The van der Waals surface area contributed by atoms with Gasteiger partial charge < -0.3 is 4.74 Å². The smallest absolute Gasteiger partial charge is 0.119 e. The van der Waals surface area contributed by atoms with Gasteiger partial charge in [0.1, 0.15) is 11.9 Å². The fourth-order valence-electron chi connectivity index (χ4n) is 3.65. The molecular weight excluding hydrogens is 298 g/mol. The van der Waals surface area contributed by atoms with Crippen LogP contribution in [-0.4, -0.2) is 22.7 Å². The lowest BCUT2D eigenvalue weighted by molar-refractivity contribution is -0.304. The summed E-state index contributed by atoms with van der Waals surface area (Å²) in [5, 5.41) is 2.24. The minimum absolute atomic E-state index is 0.0336. The van der Waals surface area contributed by atoms with Gasteiger partial charge in [-0.15, -0.1) is 0 Å². The van der Waals surface area contributed by atoms with Gasteiger partial charge in [-0.05, 0) is 78.0 Å². The van der Waals surface area contributed by atoms with Gasteiger partial charge in [0.15, 0.2) is 0 Å². The molecule has 1 aromatic carbocycles. The van der Waals surface area contributed by atoms with Crippen molar-refractivity contribution in [1.29, 1.82) is 0 Å². The van der Waals surface area contributed by atoms with Crippen LogP contribution in [0.3, 0.4) is 0 Å². The molecule has 1 fully saturated rings. The Morgan fingerprint density at radius 2 is 1.62 bits per heavy atom. The van der Waals surface area contributed by atoms with Crippen LogP contribution in [0.15, 0.2) is 24.3 Å². The third-order valence-electron chi connectivity index (χ3n) is 5.06. The quantitative estimate of drug-likeness (QED) is 0.580. The van der Waals surface area contributed by atoms with Gasteiger partial charge in [0.25, 0.3) is 0 Å². The molecule has 1 aliphatic heterocycles. The fraction of sp³-hybridized carbons (Fsp3) is 0.714. The first-order valence-electron chi connectivity index (χ1n) is 9.46. The lowest BCUT2D eigenvalue weighted by Crippen LogP contribution is -2.58. The molecule has 0 bridgehead atoms. The van der Waals surface area contributed by atoms with Crippen molar-refractivity contribution in [3.05, 3.63) is 29.8 Å². The molecule has 1 heterocycles. The Balaban J connectivity index is 2.01. The average Bonchev–Trinajstić information content (AvgIpc) is 2.51. The summed E-state index contributed by atoms with van der Waals surface area (Å²) in [5.41, 5.74) is 1.33. The van der Waals surface area contributed by atoms with Gasteiger partial charge in [0, 0.05) is 11.1 Å². The summed E-state index contributed by atoms with van der Waals surface area (Å²) in [7, 11) is 0. The maximum absolute atomic E-state index is 6.44. The van der Waals surface area contributed by atoms with E-state index in [1.165, 1.54) is 24.8 Å². The van der Waals surface area contributed by atoms with Crippen molar-refractivity contribution in [3.8, 4) is 5.75 Å². The van der Waals surface area contributed by atoms with Crippen LogP contribution in [0.25, 0.3) is 0 Å². The van der Waals surface area contributed by atoms with Crippen LogP contribution in [0.4, 0.5) is 0 Å². The second-order valence-electron chi connectivity index (χ2n) is 8.29. The summed E-state index contributed by atoms with van der Waals surface area (Å²) in [5.74, 6) is 0.943. The van der Waals surface area contributed by atoms with Crippen LogP contribution in [0.5, 0.6) is 5.75 Å². The topological polar surface area (TPSA) is 21.7 Å². The largest absolute Gasteiger partial charge is 0.494 e. The average molecular weight is 334 g/mol. The lowest BCUT2D eigenvalue weighted by Gasteiger charge is -2.52.